The van der Waals surface area contributed by atoms with Gasteiger partial charge in [-0.3, -0.25) is 9.36 Å². The maximum atomic E-state index is 14.0. The summed E-state index contributed by atoms with van der Waals surface area (Å²) in [6.07, 6.45) is -0.675. The Morgan fingerprint density at radius 1 is 1.03 bits per heavy atom. The summed E-state index contributed by atoms with van der Waals surface area (Å²) in [5.41, 5.74) is 0.975. The number of rotatable bonds is 7. The Morgan fingerprint density at radius 2 is 1.76 bits per heavy atom. The fraction of sp³-hybridized carbons (Fsp3) is 0.538. The van der Waals surface area contributed by atoms with Crippen LogP contribution in [0.25, 0.3) is 16.9 Å². The van der Waals surface area contributed by atoms with E-state index in [2.05, 4.69) is 15.0 Å². The van der Waals surface area contributed by atoms with E-state index in [1.165, 1.54) is 4.57 Å². The minimum Gasteiger partial charge on any atom is -0.470 e. The highest BCUT2D eigenvalue weighted by molar-refractivity contribution is 5.78. The lowest BCUT2D eigenvalue weighted by Crippen LogP contribution is -2.56. The van der Waals surface area contributed by atoms with Gasteiger partial charge in [-0.1, -0.05) is 12.1 Å². The van der Waals surface area contributed by atoms with Gasteiger partial charge in [0.05, 0.1) is 37.3 Å². The summed E-state index contributed by atoms with van der Waals surface area (Å²) in [4.78, 5) is 29.8. The molecule has 1 aromatic carbocycles. The zero-order chi connectivity index (χ0) is 26.1. The highest BCUT2D eigenvalue weighted by Crippen LogP contribution is 2.30. The minimum absolute atomic E-state index is 0.126. The number of morpholine rings is 1. The molecule has 202 valence electrons. The van der Waals surface area contributed by atoms with E-state index >= 15 is 0 Å². The molecule has 12 heteroatoms. The third kappa shape index (κ3) is 5.14. The number of fused-ring (bicyclic) bond motifs is 1. The maximum Gasteiger partial charge on any atom is 0.296 e. The number of carbonyl (C=O) groups excluding carboxylic acids is 1. The average Bonchev–Trinajstić information content (AvgIpc) is 3.31. The van der Waals surface area contributed by atoms with Gasteiger partial charge in [-0.2, -0.15) is 9.97 Å². The van der Waals surface area contributed by atoms with E-state index in [-0.39, 0.29) is 23.7 Å². The van der Waals surface area contributed by atoms with Crippen molar-refractivity contribution in [2.24, 2.45) is 5.92 Å². The summed E-state index contributed by atoms with van der Waals surface area (Å²) in [5.74, 6) is 1.01. The molecule has 3 aromatic rings. The van der Waals surface area contributed by atoms with Crippen molar-refractivity contribution in [1.82, 2.24) is 24.4 Å². The number of carbonyl (C=O) groups is 1. The van der Waals surface area contributed by atoms with Gasteiger partial charge in [0.1, 0.15) is 11.9 Å². The standard InChI is InChI=1S/C26H30F2N6O4/c27-24(28)25-29-19-3-1-2-4-20(19)34(25)21-14-22(31-26(30-21)32-7-11-37-12-8-32)38-18-15-33(16-18)23(35)13-17-5-9-36-10-6-17/h1-4,14,17-18,24H,5-13,15-16H2. The largest absolute Gasteiger partial charge is 0.470 e. The number of aromatic nitrogens is 4. The number of imidazole rings is 1. The second-order valence-corrected chi connectivity index (χ2v) is 9.86. The van der Waals surface area contributed by atoms with Crippen LogP contribution in [0.1, 0.15) is 31.5 Å². The molecule has 0 unspecified atom stereocenters. The molecule has 3 aliphatic rings. The third-order valence-corrected chi connectivity index (χ3v) is 7.27. The average molecular weight is 529 g/mol. The number of alkyl halides is 2. The van der Waals surface area contributed by atoms with Crippen LogP contribution < -0.4 is 9.64 Å². The molecule has 6 rings (SSSR count). The van der Waals surface area contributed by atoms with E-state index in [1.54, 1.807) is 35.2 Å². The number of hydrogen-bond donors (Lipinski definition) is 0. The summed E-state index contributed by atoms with van der Waals surface area (Å²) in [6, 6.07) is 8.53. The van der Waals surface area contributed by atoms with Crippen LogP contribution in [0.5, 0.6) is 5.88 Å². The van der Waals surface area contributed by atoms with Crippen LogP contribution in [0.4, 0.5) is 14.7 Å². The molecule has 0 bridgehead atoms. The van der Waals surface area contributed by atoms with Gasteiger partial charge in [0.25, 0.3) is 6.43 Å². The van der Waals surface area contributed by atoms with Crippen LogP contribution in [0.3, 0.4) is 0 Å². The van der Waals surface area contributed by atoms with Gasteiger partial charge in [0.2, 0.25) is 17.7 Å². The first-order chi connectivity index (χ1) is 18.5. The molecule has 3 fully saturated rings. The summed E-state index contributed by atoms with van der Waals surface area (Å²) in [6.45, 7) is 4.55. The monoisotopic (exact) mass is 528 g/mol. The molecule has 10 nitrogen and oxygen atoms in total. The molecule has 5 heterocycles. The molecule has 0 N–H and O–H groups in total. The number of halogens is 2. The summed E-state index contributed by atoms with van der Waals surface area (Å²) in [5, 5.41) is 0. The van der Waals surface area contributed by atoms with E-state index in [0.717, 1.165) is 12.8 Å². The van der Waals surface area contributed by atoms with E-state index in [0.29, 0.717) is 81.9 Å². The van der Waals surface area contributed by atoms with Gasteiger partial charge in [-0.15, -0.1) is 0 Å². The van der Waals surface area contributed by atoms with Gasteiger partial charge in [-0.05, 0) is 30.9 Å². The number of ether oxygens (including phenoxy) is 3. The Hall–Kier alpha value is -3.38. The van der Waals surface area contributed by atoms with Crippen molar-refractivity contribution in [3.63, 3.8) is 0 Å². The molecule has 0 saturated carbocycles. The number of likely N-dealkylation sites (tertiary alicyclic amines) is 1. The number of nitrogens with zero attached hydrogens (tertiary/aromatic N) is 6. The van der Waals surface area contributed by atoms with Crippen molar-refractivity contribution in [3.8, 4) is 11.7 Å². The van der Waals surface area contributed by atoms with Crippen molar-refractivity contribution in [3.05, 3.63) is 36.2 Å². The molecule has 3 aliphatic heterocycles. The highest BCUT2D eigenvalue weighted by atomic mass is 19.3. The van der Waals surface area contributed by atoms with E-state index in [4.69, 9.17) is 14.2 Å². The maximum absolute atomic E-state index is 14.0. The molecular weight excluding hydrogens is 498 g/mol. The van der Waals surface area contributed by atoms with Crippen LogP contribution >= 0.6 is 0 Å². The number of anilines is 1. The van der Waals surface area contributed by atoms with Crippen molar-refractivity contribution >= 4 is 22.9 Å². The fourth-order valence-electron chi connectivity index (χ4n) is 5.13. The van der Waals surface area contributed by atoms with Crippen LogP contribution in [0, 0.1) is 5.92 Å². The summed E-state index contributed by atoms with van der Waals surface area (Å²) in [7, 11) is 0. The normalized spacial score (nSPS) is 19.2. The van der Waals surface area contributed by atoms with Gasteiger partial charge < -0.3 is 24.0 Å². The number of benzene rings is 1. The quantitative estimate of drug-likeness (QED) is 0.462. The molecule has 1 amide bonds. The molecule has 2 aromatic heterocycles. The predicted molar refractivity (Wildman–Crippen MR) is 134 cm³/mol. The number of hydrogen-bond acceptors (Lipinski definition) is 8. The second kappa shape index (κ2) is 10.8. The van der Waals surface area contributed by atoms with E-state index in [1.807, 2.05) is 4.90 Å². The van der Waals surface area contributed by atoms with E-state index in [9.17, 15) is 13.6 Å². The Kier molecular flexibility index (Phi) is 7.07. The fourth-order valence-corrected chi connectivity index (χ4v) is 5.13. The van der Waals surface area contributed by atoms with Crippen molar-refractivity contribution in [2.75, 3.05) is 57.5 Å². The molecule has 38 heavy (non-hydrogen) atoms. The van der Waals surface area contributed by atoms with Crippen LogP contribution in [0.15, 0.2) is 30.3 Å². The second-order valence-electron chi connectivity index (χ2n) is 9.86. The van der Waals surface area contributed by atoms with Crippen LogP contribution in [-0.4, -0.2) is 89.0 Å². The number of para-hydroxylation sites is 2. The summed E-state index contributed by atoms with van der Waals surface area (Å²) >= 11 is 0. The highest BCUT2D eigenvalue weighted by Gasteiger charge is 2.34. The van der Waals surface area contributed by atoms with Gasteiger partial charge in [0.15, 0.2) is 5.82 Å². The van der Waals surface area contributed by atoms with Crippen molar-refractivity contribution < 1.29 is 27.8 Å². The Morgan fingerprint density at radius 3 is 2.53 bits per heavy atom. The third-order valence-electron chi connectivity index (χ3n) is 7.27. The first-order valence-corrected chi connectivity index (χ1v) is 13.0. The molecule has 0 spiro atoms. The van der Waals surface area contributed by atoms with Gasteiger partial charge >= 0.3 is 0 Å². The Labute approximate surface area is 218 Å². The molecular formula is C26H30F2N6O4. The summed E-state index contributed by atoms with van der Waals surface area (Å²) < 4.78 is 46.4. The minimum atomic E-state index is -2.80. The van der Waals surface area contributed by atoms with Crippen molar-refractivity contribution in [1.29, 1.82) is 0 Å². The first kappa shape index (κ1) is 24.9. The zero-order valence-electron chi connectivity index (χ0n) is 21.0. The molecule has 0 radical (unpaired) electrons. The Bertz CT molecular complexity index is 1290. The topological polar surface area (TPSA) is 94.8 Å². The van der Waals surface area contributed by atoms with Crippen LogP contribution in [0.2, 0.25) is 0 Å². The number of amides is 1. The lowest BCUT2D eigenvalue weighted by Gasteiger charge is -2.39. The molecule has 0 aliphatic carbocycles. The lowest BCUT2D eigenvalue weighted by atomic mass is 9.95. The predicted octanol–water partition coefficient (Wildman–Crippen LogP) is 3.00. The first-order valence-electron chi connectivity index (χ1n) is 13.0. The van der Waals surface area contributed by atoms with Crippen molar-refractivity contribution in [2.45, 2.75) is 31.8 Å². The molecule has 0 atom stereocenters. The zero-order valence-corrected chi connectivity index (χ0v) is 21.0. The Balaban J connectivity index is 1.24. The van der Waals surface area contributed by atoms with E-state index < -0.39 is 12.2 Å². The SMILES string of the molecule is O=C(CC1CCOCC1)N1CC(Oc2cc(-n3c(C(F)F)nc4ccccc43)nc(N3CCOCC3)n2)C1. The van der Waals surface area contributed by atoms with Gasteiger partial charge in [-0.25, -0.2) is 13.8 Å². The smallest absolute Gasteiger partial charge is 0.296 e. The molecule has 3 saturated heterocycles. The van der Waals surface area contributed by atoms with Gasteiger partial charge in [0, 0.05) is 38.8 Å². The lowest BCUT2D eigenvalue weighted by molar-refractivity contribution is -0.141. The van der Waals surface area contributed by atoms with Crippen LogP contribution in [-0.2, 0) is 14.3 Å².